The first-order valence-corrected chi connectivity index (χ1v) is 7.87. The third kappa shape index (κ3) is 2.69. The second-order valence-corrected chi connectivity index (χ2v) is 6.25. The smallest absolute Gasteiger partial charge is 0.163 e. The Labute approximate surface area is 116 Å². The number of nitrogens with two attached hydrogens (primary N) is 1. The number of likely N-dealkylation sites (N-methyl/N-ethyl adjacent to an activating group) is 1. The zero-order chi connectivity index (χ0) is 13.2. The molecule has 1 fully saturated rings. The summed E-state index contributed by atoms with van der Waals surface area (Å²) in [4.78, 5) is 3.60. The Kier molecular flexibility index (Phi) is 3.87. The van der Waals surface area contributed by atoms with Gasteiger partial charge in [0, 0.05) is 11.1 Å². The van der Waals surface area contributed by atoms with Crippen LogP contribution >= 0.6 is 0 Å². The number of benzene rings is 1. The number of nitrogens with one attached hydrogen (secondary N) is 2. The summed E-state index contributed by atoms with van der Waals surface area (Å²) in [5.41, 5.74) is 4.61. The Balaban J connectivity index is 1.77. The van der Waals surface area contributed by atoms with E-state index in [4.69, 9.17) is 0 Å². The molecule has 104 valence electrons. The van der Waals surface area contributed by atoms with Crippen molar-refractivity contribution < 1.29 is 15.1 Å². The molecule has 0 bridgehead atoms. The maximum absolute atomic E-state index is 2.50. The van der Waals surface area contributed by atoms with Crippen LogP contribution in [0.5, 0.6) is 0 Å². The van der Waals surface area contributed by atoms with Crippen molar-refractivity contribution in [3.63, 3.8) is 0 Å². The van der Waals surface area contributed by atoms with Gasteiger partial charge >= 0.3 is 0 Å². The molecule has 2 aliphatic heterocycles. The Morgan fingerprint density at radius 2 is 2.00 bits per heavy atom. The van der Waals surface area contributed by atoms with Gasteiger partial charge in [0.05, 0.1) is 6.54 Å². The van der Waals surface area contributed by atoms with Gasteiger partial charge in [-0.05, 0) is 19.9 Å². The highest BCUT2D eigenvalue weighted by Crippen LogP contribution is 2.18. The van der Waals surface area contributed by atoms with Gasteiger partial charge in [-0.15, -0.1) is 0 Å². The van der Waals surface area contributed by atoms with Gasteiger partial charge in [0.2, 0.25) is 0 Å². The van der Waals surface area contributed by atoms with E-state index in [2.05, 4.69) is 37.4 Å². The molecule has 0 aromatic heterocycles. The molecule has 1 atom stereocenters. The van der Waals surface area contributed by atoms with Crippen LogP contribution in [0.4, 0.5) is 0 Å². The molecule has 2 aliphatic rings. The van der Waals surface area contributed by atoms with Gasteiger partial charge in [-0.1, -0.05) is 17.7 Å². The number of quaternary nitrogens is 3. The molecule has 3 heteroatoms. The van der Waals surface area contributed by atoms with Crippen molar-refractivity contribution in [3.8, 4) is 0 Å². The van der Waals surface area contributed by atoms with Crippen LogP contribution in [0.25, 0.3) is 0 Å². The number of aryl methyl sites for hydroxylation is 1. The highest BCUT2D eigenvalue weighted by atomic mass is 15.3. The summed E-state index contributed by atoms with van der Waals surface area (Å²) in [6.45, 7) is 13.6. The molecular weight excluding hydrogens is 234 g/mol. The quantitative estimate of drug-likeness (QED) is 0.545. The summed E-state index contributed by atoms with van der Waals surface area (Å²) in [5, 5.41) is 2.50. The maximum Gasteiger partial charge on any atom is 0.163 e. The molecule has 1 aromatic carbocycles. The third-order valence-corrected chi connectivity index (χ3v) is 5.03. The van der Waals surface area contributed by atoms with E-state index in [1.54, 1.807) is 16.0 Å². The lowest BCUT2D eigenvalue weighted by atomic mass is 9.93. The van der Waals surface area contributed by atoms with Gasteiger partial charge < -0.3 is 15.1 Å². The number of hydrogen-bond acceptors (Lipinski definition) is 0. The average molecular weight is 262 g/mol. The van der Waals surface area contributed by atoms with Crippen molar-refractivity contribution in [2.45, 2.75) is 26.4 Å². The fourth-order valence-corrected chi connectivity index (χ4v) is 3.80. The number of rotatable bonds is 2. The molecule has 0 amide bonds. The minimum absolute atomic E-state index is 0.725. The van der Waals surface area contributed by atoms with Gasteiger partial charge in [0.1, 0.15) is 39.3 Å². The number of fused-ring (bicyclic) bond motifs is 1. The Hall–Kier alpha value is -0.900. The molecule has 19 heavy (non-hydrogen) atoms. The van der Waals surface area contributed by atoms with Gasteiger partial charge in [0.25, 0.3) is 0 Å². The van der Waals surface area contributed by atoms with Crippen molar-refractivity contribution >= 4 is 0 Å². The standard InChI is InChI=1S/C16H25N3/c1-3-18-6-8-19(9-7-18)16-12-17-11-14-10-13(2)4-5-15(14)16/h4-5,10,16-17H,3,6-9,11-12H2,1-2H3/p+3/t16-/m0/s1. The molecule has 3 rings (SSSR count). The lowest BCUT2D eigenvalue weighted by molar-refractivity contribution is -1.03. The zero-order valence-corrected chi connectivity index (χ0v) is 12.3. The summed E-state index contributed by atoms with van der Waals surface area (Å²) in [6.07, 6.45) is 0. The van der Waals surface area contributed by atoms with Crippen LogP contribution in [-0.2, 0) is 6.54 Å². The van der Waals surface area contributed by atoms with E-state index >= 15 is 0 Å². The van der Waals surface area contributed by atoms with Crippen LogP contribution < -0.4 is 15.1 Å². The molecule has 0 aliphatic carbocycles. The van der Waals surface area contributed by atoms with Gasteiger partial charge in [0.15, 0.2) is 6.04 Å². The van der Waals surface area contributed by atoms with Crippen molar-refractivity contribution in [2.24, 2.45) is 0 Å². The molecular formula is C16H28N3+3. The average Bonchev–Trinajstić information content (AvgIpc) is 2.46. The van der Waals surface area contributed by atoms with Crippen molar-refractivity contribution in [1.82, 2.24) is 0 Å². The van der Waals surface area contributed by atoms with Crippen molar-refractivity contribution in [1.29, 1.82) is 0 Å². The molecule has 1 saturated heterocycles. The van der Waals surface area contributed by atoms with E-state index in [0.29, 0.717) is 0 Å². The summed E-state index contributed by atoms with van der Waals surface area (Å²) >= 11 is 0. The molecule has 0 spiro atoms. The summed E-state index contributed by atoms with van der Waals surface area (Å²) in [7, 11) is 0. The first-order chi connectivity index (χ1) is 9.28. The summed E-state index contributed by atoms with van der Waals surface area (Å²) in [5.74, 6) is 0. The largest absolute Gasteiger partial charge is 0.337 e. The minimum Gasteiger partial charge on any atom is -0.337 e. The number of piperazine rings is 1. The lowest BCUT2D eigenvalue weighted by Crippen LogP contribution is -3.28. The topological polar surface area (TPSA) is 25.5 Å². The first kappa shape index (κ1) is 13.1. The molecule has 0 radical (unpaired) electrons. The molecule has 0 unspecified atom stereocenters. The van der Waals surface area contributed by atoms with Crippen LogP contribution in [-0.4, -0.2) is 39.3 Å². The van der Waals surface area contributed by atoms with E-state index in [9.17, 15) is 0 Å². The minimum atomic E-state index is 0.725. The molecule has 0 saturated carbocycles. The van der Waals surface area contributed by atoms with Gasteiger partial charge in [-0.3, -0.25) is 0 Å². The van der Waals surface area contributed by atoms with Gasteiger partial charge in [-0.2, -0.15) is 0 Å². The van der Waals surface area contributed by atoms with Crippen molar-refractivity contribution in [3.05, 3.63) is 34.9 Å². The fourth-order valence-electron chi connectivity index (χ4n) is 3.80. The van der Waals surface area contributed by atoms with Crippen molar-refractivity contribution in [2.75, 3.05) is 39.3 Å². The highest BCUT2D eigenvalue weighted by molar-refractivity contribution is 5.33. The normalized spacial score (nSPS) is 30.9. The van der Waals surface area contributed by atoms with Gasteiger partial charge in [-0.25, -0.2) is 0 Å². The Morgan fingerprint density at radius 1 is 1.21 bits per heavy atom. The molecule has 4 N–H and O–H groups in total. The van der Waals surface area contributed by atoms with Crippen LogP contribution in [0.15, 0.2) is 18.2 Å². The Bertz CT molecular complexity index is 436. The number of hydrogen-bond donors (Lipinski definition) is 3. The lowest BCUT2D eigenvalue weighted by Gasteiger charge is -2.35. The fraction of sp³-hybridized carbons (Fsp3) is 0.625. The predicted molar refractivity (Wildman–Crippen MR) is 76.4 cm³/mol. The second kappa shape index (κ2) is 5.61. The van der Waals surface area contributed by atoms with Crippen LogP contribution in [0, 0.1) is 6.92 Å². The van der Waals surface area contributed by atoms with Crippen LogP contribution in [0.2, 0.25) is 0 Å². The Morgan fingerprint density at radius 3 is 2.74 bits per heavy atom. The predicted octanol–water partition coefficient (Wildman–Crippen LogP) is -2.08. The second-order valence-electron chi connectivity index (χ2n) is 6.25. The van der Waals surface area contributed by atoms with E-state index in [1.165, 1.54) is 51.4 Å². The summed E-state index contributed by atoms with van der Waals surface area (Å²) in [6, 6.07) is 7.81. The van der Waals surface area contributed by atoms with E-state index in [0.717, 1.165) is 6.04 Å². The van der Waals surface area contributed by atoms with E-state index in [-0.39, 0.29) is 0 Å². The third-order valence-electron chi connectivity index (χ3n) is 5.03. The molecule has 2 heterocycles. The van der Waals surface area contributed by atoms with E-state index < -0.39 is 0 Å². The SMILES string of the molecule is CC[NH+]1CC[NH+]([C@H]2C[NH2+]Cc3cc(C)ccc32)CC1. The molecule has 1 aromatic rings. The van der Waals surface area contributed by atoms with Crippen LogP contribution in [0.3, 0.4) is 0 Å². The highest BCUT2D eigenvalue weighted by Gasteiger charge is 2.34. The van der Waals surface area contributed by atoms with Crippen LogP contribution in [0.1, 0.15) is 29.7 Å². The monoisotopic (exact) mass is 262 g/mol. The molecule has 3 nitrogen and oxygen atoms in total. The zero-order valence-electron chi connectivity index (χ0n) is 12.3. The maximum atomic E-state index is 2.50. The summed E-state index contributed by atoms with van der Waals surface area (Å²) < 4.78 is 0. The van der Waals surface area contributed by atoms with E-state index in [1.807, 2.05) is 4.90 Å². The first-order valence-electron chi connectivity index (χ1n) is 7.87.